The quantitative estimate of drug-likeness (QED) is 0.725. The van der Waals surface area contributed by atoms with Crippen LogP contribution in [0.25, 0.3) is 0 Å². The zero-order chi connectivity index (χ0) is 11.1. The number of rotatable bonds is 6. The Bertz CT molecular complexity index is 283. The molecule has 1 rings (SSSR count). The molecule has 0 aliphatic carbocycles. The van der Waals surface area contributed by atoms with Gasteiger partial charge in [-0.1, -0.05) is 19.9 Å². The summed E-state index contributed by atoms with van der Waals surface area (Å²) in [5.41, 5.74) is 0. The van der Waals surface area contributed by atoms with Gasteiger partial charge in [0.25, 0.3) is 5.91 Å². The van der Waals surface area contributed by atoms with Crippen molar-refractivity contribution in [3.8, 4) is 0 Å². The minimum absolute atomic E-state index is 0.0244. The first-order valence-corrected chi connectivity index (χ1v) is 6.10. The van der Waals surface area contributed by atoms with Crippen LogP contribution in [0, 0.1) is 5.92 Å². The molecule has 0 radical (unpaired) electrons. The number of carbonyl (C=O) groups excluding carboxylic acids is 1. The number of nitrogens with one attached hydrogen (secondary N) is 2. The second-order valence-corrected chi connectivity index (χ2v) is 4.78. The number of hydrogen-bond acceptors (Lipinski definition) is 3. The molecule has 0 bridgehead atoms. The van der Waals surface area contributed by atoms with Gasteiger partial charge >= 0.3 is 0 Å². The van der Waals surface area contributed by atoms with Crippen LogP contribution in [0.15, 0.2) is 17.5 Å². The van der Waals surface area contributed by atoms with Gasteiger partial charge in [-0.25, -0.2) is 0 Å². The van der Waals surface area contributed by atoms with Gasteiger partial charge in [-0.3, -0.25) is 4.79 Å². The van der Waals surface area contributed by atoms with Crippen molar-refractivity contribution < 1.29 is 4.79 Å². The standard InChI is InChI=1S/C11H18N2OS/c1-9(2)8-12-5-6-13-11(14)10-4-3-7-15-10/h3-4,7,9,12H,5-6,8H2,1-2H3,(H,13,14). The topological polar surface area (TPSA) is 41.1 Å². The minimum Gasteiger partial charge on any atom is -0.350 e. The summed E-state index contributed by atoms with van der Waals surface area (Å²) < 4.78 is 0. The highest BCUT2D eigenvalue weighted by molar-refractivity contribution is 7.12. The van der Waals surface area contributed by atoms with Gasteiger partial charge in [0.05, 0.1) is 4.88 Å². The Labute approximate surface area is 94.9 Å². The van der Waals surface area contributed by atoms with Crippen LogP contribution in [-0.4, -0.2) is 25.5 Å². The Hall–Kier alpha value is -0.870. The first-order valence-electron chi connectivity index (χ1n) is 5.22. The summed E-state index contributed by atoms with van der Waals surface area (Å²) in [6.07, 6.45) is 0. The van der Waals surface area contributed by atoms with Crippen molar-refractivity contribution in [2.45, 2.75) is 13.8 Å². The van der Waals surface area contributed by atoms with Crippen LogP contribution in [0.3, 0.4) is 0 Å². The van der Waals surface area contributed by atoms with E-state index in [1.807, 2.05) is 17.5 Å². The van der Waals surface area contributed by atoms with Crippen molar-refractivity contribution in [2.75, 3.05) is 19.6 Å². The third kappa shape index (κ3) is 4.95. The van der Waals surface area contributed by atoms with E-state index in [0.29, 0.717) is 12.5 Å². The number of amides is 1. The van der Waals surface area contributed by atoms with Crippen molar-refractivity contribution in [1.82, 2.24) is 10.6 Å². The zero-order valence-corrected chi connectivity index (χ0v) is 10.1. The van der Waals surface area contributed by atoms with Gasteiger partial charge in [0.15, 0.2) is 0 Å². The maximum absolute atomic E-state index is 11.5. The van der Waals surface area contributed by atoms with Crippen molar-refractivity contribution in [3.63, 3.8) is 0 Å². The first kappa shape index (κ1) is 12.2. The average molecular weight is 226 g/mol. The van der Waals surface area contributed by atoms with E-state index in [0.717, 1.165) is 18.0 Å². The summed E-state index contributed by atoms with van der Waals surface area (Å²) in [6, 6.07) is 3.72. The maximum Gasteiger partial charge on any atom is 0.261 e. The van der Waals surface area contributed by atoms with Crippen molar-refractivity contribution in [3.05, 3.63) is 22.4 Å². The van der Waals surface area contributed by atoms with E-state index in [2.05, 4.69) is 24.5 Å². The second kappa shape index (κ2) is 6.58. The van der Waals surface area contributed by atoms with E-state index in [4.69, 9.17) is 0 Å². The van der Waals surface area contributed by atoms with Gasteiger partial charge in [-0.2, -0.15) is 0 Å². The molecule has 84 valence electrons. The van der Waals surface area contributed by atoms with Crippen LogP contribution in [0.5, 0.6) is 0 Å². The molecular weight excluding hydrogens is 208 g/mol. The normalized spacial score (nSPS) is 10.6. The molecule has 3 nitrogen and oxygen atoms in total. The summed E-state index contributed by atoms with van der Waals surface area (Å²) >= 11 is 1.47. The highest BCUT2D eigenvalue weighted by atomic mass is 32.1. The van der Waals surface area contributed by atoms with Gasteiger partial charge in [-0.15, -0.1) is 11.3 Å². The molecular formula is C11H18N2OS. The Balaban J connectivity index is 2.08. The van der Waals surface area contributed by atoms with E-state index < -0.39 is 0 Å². The van der Waals surface area contributed by atoms with Gasteiger partial charge < -0.3 is 10.6 Å². The maximum atomic E-state index is 11.5. The Morgan fingerprint density at radius 2 is 2.27 bits per heavy atom. The van der Waals surface area contributed by atoms with Crippen molar-refractivity contribution in [1.29, 1.82) is 0 Å². The lowest BCUT2D eigenvalue weighted by Crippen LogP contribution is -2.32. The lowest BCUT2D eigenvalue weighted by atomic mass is 10.2. The van der Waals surface area contributed by atoms with Gasteiger partial charge in [0.1, 0.15) is 0 Å². The molecule has 0 unspecified atom stereocenters. The SMILES string of the molecule is CC(C)CNCCNC(=O)c1cccs1. The molecule has 15 heavy (non-hydrogen) atoms. The number of hydrogen-bond donors (Lipinski definition) is 2. The molecule has 0 aliphatic rings. The van der Waals surface area contributed by atoms with Crippen LogP contribution in [0.1, 0.15) is 23.5 Å². The van der Waals surface area contributed by atoms with Crippen LogP contribution in [-0.2, 0) is 0 Å². The summed E-state index contributed by atoms with van der Waals surface area (Å²) in [5.74, 6) is 0.675. The number of thiophene rings is 1. The molecule has 0 aliphatic heterocycles. The molecule has 0 saturated carbocycles. The zero-order valence-electron chi connectivity index (χ0n) is 9.25. The fraction of sp³-hybridized carbons (Fsp3) is 0.545. The Morgan fingerprint density at radius 1 is 1.47 bits per heavy atom. The first-order chi connectivity index (χ1) is 7.20. The van der Waals surface area contributed by atoms with Crippen LogP contribution >= 0.6 is 11.3 Å². The molecule has 0 aromatic carbocycles. The van der Waals surface area contributed by atoms with Gasteiger partial charge in [-0.05, 0) is 23.9 Å². The molecule has 0 atom stereocenters. The highest BCUT2D eigenvalue weighted by Crippen LogP contribution is 2.07. The van der Waals surface area contributed by atoms with Gasteiger partial charge in [0, 0.05) is 13.1 Å². The number of carbonyl (C=O) groups is 1. The molecule has 1 aromatic heterocycles. The average Bonchev–Trinajstić information content (AvgIpc) is 2.69. The summed E-state index contributed by atoms with van der Waals surface area (Å²) in [5, 5.41) is 8.05. The molecule has 1 aromatic rings. The Kier molecular flexibility index (Phi) is 5.36. The summed E-state index contributed by atoms with van der Waals surface area (Å²) in [7, 11) is 0. The molecule has 2 N–H and O–H groups in total. The monoisotopic (exact) mass is 226 g/mol. The summed E-state index contributed by atoms with van der Waals surface area (Å²) in [6.45, 7) is 6.84. The lowest BCUT2D eigenvalue weighted by Gasteiger charge is -2.07. The minimum atomic E-state index is 0.0244. The molecule has 1 heterocycles. The largest absolute Gasteiger partial charge is 0.350 e. The van der Waals surface area contributed by atoms with E-state index in [9.17, 15) is 4.79 Å². The summed E-state index contributed by atoms with van der Waals surface area (Å²) in [4.78, 5) is 12.3. The van der Waals surface area contributed by atoms with E-state index >= 15 is 0 Å². The Morgan fingerprint density at radius 3 is 2.87 bits per heavy atom. The molecule has 0 spiro atoms. The molecule has 1 amide bonds. The third-order valence-corrected chi connectivity index (χ3v) is 2.75. The second-order valence-electron chi connectivity index (χ2n) is 3.83. The lowest BCUT2D eigenvalue weighted by molar-refractivity contribution is 0.0958. The van der Waals surface area contributed by atoms with Crippen molar-refractivity contribution in [2.24, 2.45) is 5.92 Å². The third-order valence-electron chi connectivity index (χ3n) is 1.88. The van der Waals surface area contributed by atoms with Gasteiger partial charge in [0.2, 0.25) is 0 Å². The van der Waals surface area contributed by atoms with Crippen molar-refractivity contribution >= 4 is 17.2 Å². The molecule has 0 fully saturated rings. The predicted molar refractivity (Wildman–Crippen MR) is 64.4 cm³/mol. The van der Waals surface area contributed by atoms with Crippen LogP contribution in [0.4, 0.5) is 0 Å². The van der Waals surface area contributed by atoms with E-state index in [-0.39, 0.29) is 5.91 Å². The fourth-order valence-corrected chi connectivity index (χ4v) is 1.79. The van der Waals surface area contributed by atoms with Crippen LogP contribution < -0.4 is 10.6 Å². The fourth-order valence-electron chi connectivity index (χ4n) is 1.15. The molecule has 4 heteroatoms. The molecule has 0 saturated heterocycles. The predicted octanol–water partition coefficient (Wildman–Crippen LogP) is 1.72. The smallest absolute Gasteiger partial charge is 0.261 e. The van der Waals surface area contributed by atoms with Crippen LogP contribution in [0.2, 0.25) is 0 Å². The van der Waals surface area contributed by atoms with E-state index in [1.54, 1.807) is 0 Å². The van der Waals surface area contributed by atoms with E-state index in [1.165, 1.54) is 11.3 Å². The highest BCUT2D eigenvalue weighted by Gasteiger charge is 2.04.